The Hall–Kier alpha value is -1.40. The van der Waals surface area contributed by atoms with Gasteiger partial charge in [-0.2, -0.15) is 0 Å². The summed E-state index contributed by atoms with van der Waals surface area (Å²) < 4.78 is 0. The van der Waals surface area contributed by atoms with Gasteiger partial charge in [0.15, 0.2) is 0 Å². The summed E-state index contributed by atoms with van der Waals surface area (Å²) in [4.78, 5) is 25.3. The minimum absolute atomic E-state index is 0.0689. The maximum absolute atomic E-state index is 12.8. The van der Waals surface area contributed by atoms with Crippen LogP contribution < -0.4 is 0 Å². The number of aliphatic hydroxyl groups is 2. The lowest BCUT2D eigenvalue weighted by molar-refractivity contribution is -0.218. The van der Waals surface area contributed by atoms with Crippen LogP contribution in [-0.2, 0) is 9.59 Å². The maximum atomic E-state index is 12.8. The molecule has 5 rings (SSSR count). The zero-order valence-electron chi connectivity index (χ0n) is 22.7. The van der Waals surface area contributed by atoms with Gasteiger partial charge in [-0.3, -0.25) is 9.59 Å². The maximum Gasteiger partial charge on any atom is 0.312 e. The van der Waals surface area contributed by atoms with Crippen molar-refractivity contribution in [3.05, 3.63) is 11.6 Å². The van der Waals surface area contributed by atoms with E-state index in [1.165, 1.54) is 5.57 Å². The molecule has 0 aromatic heterocycles. The number of allylic oxidation sites excluding steroid dienone is 2. The lowest BCUT2D eigenvalue weighted by Crippen LogP contribution is -2.66. The lowest BCUT2D eigenvalue weighted by atomic mass is 9.33. The summed E-state index contributed by atoms with van der Waals surface area (Å²) in [5.41, 5.74) is -1.01. The Bertz CT molecular complexity index is 990. The van der Waals surface area contributed by atoms with Crippen LogP contribution in [0.5, 0.6) is 0 Å². The highest BCUT2D eigenvalue weighted by atomic mass is 16.4. The molecule has 0 unspecified atom stereocenters. The third-order valence-corrected chi connectivity index (χ3v) is 13.5. The van der Waals surface area contributed by atoms with Crippen molar-refractivity contribution in [3.63, 3.8) is 0 Å². The molecule has 0 spiro atoms. The van der Waals surface area contributed by atoms with Crippen LogP contribution in [0.1, 0.15) is 92.4 Å². The molecule has 4 fully saturated rings. The van der Waals surface area contributed by atoms with Crippen LogP contribution in [0.15, 0.2) is 11.6 Å². The molecule has 6 nitrogen and oxygen atoms in total. The molecule has 0 radical (unpaired) electrons. The predicted octanol–water partition coefficient (Wildman–Crippen LogP) is 5.13. The summed E-state index contributed by atoms with van der Waals surface area (Å²) in [5, 5.41) is 41.8. The molecule has 0 bridgehead atoms. The summed E-state index contributed by atoms with van der Waals surface area (Å²) in [6, 6.07) is 0. The van der Waals surface area contributed by atoms with E-state index < -0.39 is 28.9 Å². The molecule has 5 aliphatic carbocycles. The van der Waals surface area contributed by atoms with E-state index in [0.717, 1.165) is 38.5 Å². The van der Waals surface area contributed by atoms with Crippen molar-refractivity contribution in [1.82, 2.24) is 0 Å². The van der Waals surface area contributed by atoms with E-state index in [2.05, 4.69) is 33.8 Å². The SMILES string of the molecule is C[C@H]1[C@H](CO)CC[C@]2(C(=O)O)CC[C@]3(C)C(=CC[C@@H]4[C@@]5(C)CC[C@H](O)[C@](C)(C(=O)O)[C@@H]5CC[C@]43C)[C@H]12. The molecule has 36 heavy (non-hydrogen) atoms. The second-order valence-corrected chi connectivity index (χ2v) is 14.2. The molecule has 6 heteroatoms. The zero-order valence-corrected chi connectivity index (χ0v) is 22.7. The summed E-state index contributed by atoms with van der Waals surface area (Å²) in [7, 11) is 0. The van der Waals surface area contributed by atoms with Crippen molar-refractivity contribution in [2.75, 3.05) is 6.61 Å². The number of carboxylic acids is 2. The highest BCUT2D eigenvalue weighted by molar-refractivity contribution is 5.77. The molecule has 0 amide bonds. The minimum atomic E-state index is -1.14. The zero-order chi connectivity index (χ0) is 26.5. The molecule has 0 aromatic rings. The third kappa shape index (κ3) is 2.92. The first-order valence-electron chi connectivity index (χ1n) is 14.2. The van der Waals surface area contributed by atoms with E-state index in [4.69, 9.17) is 0 Å². The monoisotopic (exact) mass is 502 g/mol. The largest absolute Gasteiger partial charge is 0.481 e. The van der Waals surface area contributed by atoms with E-state index in [9.17, 15) is 30.0 Å². The molecular weight excluding hydrogens is 456 g/mol. The van der Waals surface area contributed by atoms with Crippen molar-refractivity contribution in [2.24, 2.45) is 56.7 Å². The summed E-state index contributed by atoms with van der Waals surface area (Å²) in [5.74, 6) is -1.20. The average molecular weight is 503 g/mol. The first-order valence-corrected chi connectivity index (χ1v) is 14.2. The number of aliphatic hydroxyl groups excluding tert-OH is 2. The van der Waals surface area contributed by atoms with Gasteiger partial charge in [-0.1, -0.05) is 39.3 Å². The fourth-order valence-corrected chi connectivity index (χ4v) is 11.0. The molecule has 202 valence electrons. The van der Waals surface area contributed by atoms with Crippen molar-refractivity contribution in [1.29, 1.82) is 0 Å². The molecule has 4 N–H and O–H groups in total. The Morgan fingerprint density at radius 2 is 1.61 bits per heavy atom. The fourth-order valence-electron chi connectivity index (χ4n) is 11.0. The van der Waals surface area contributed by atoms with Crippen molar-refractivity contribution in [2.45, 2.75) is 98.5 Å². The van der Waals surface area contributed by atoms with Gasteiger partial charge in [0.1, 0.15) is 0 Å². The van der Waals surface area contributed by atoms with Crippen LogP contribution in [0.25, 0.3) is 0 Å². The number of aliphatic carboxylic acids is 2. The van der Waals surface area contributed by atoms with Crippen LogP contribution in [-0.4, -0.2) is 45.1 Å². The number of carboxylic acid groups (broad SMARTS) is 2. The minimum Gasteiger partial charge on any atom is -0.481 e. The van der Waals surface area contributed by atoms with Gasteiger partial charge in [-0.25, -0.2) is 0 Å². The van der Waals surface area contributed by atoms with Gasteiger partial charge in [0.05, 0.1) is 16.9 Å². The second-order valence-electron chi connectivity index (χ2n) is 14.2. The Morgan fingerprint density at radius 3 is 2.22 bits per heavy atom. The van der Waals surface area contributed by atoms with Crippen LogP contribution in [0.2, 0.25) is 0 Å². The average Bonchev–Trinajstić information content (AvgIpc) is 2.82. The fraction of sp³-hybridized carbons (Fsp3) is 0.867. The Labute approximate surface area is 215 Å². The molecule has 0 heterocycles. The first-order chi connectivity index (χ1) is 16.7. The normalized spacial score (nSPS) is 54.2. The van der Waals surface area contributed by atoms with Crippen LogP contribution in [0, 0.1) is 56.7 Å². The number of rotatable bonds is 3. The van der Waals surface area contributed by atoms with Gasteiger partial charge in [0.25, 0.3) is 0 Å². The van der Waals surface area contributed by atoms with E-state index in [-0.39, 0.29) is 52.4 Å². The second kappa shape index (κ2) is 8.05. The standard InChI is InChI=1S/C30H46O6/c1-17-18(16-31)8-13-30(25(35)36)15-14-27(3)19(23(17)30)6-7-20-26(2)11-10-22(32)29(5,24(33)34)21(26)9-12-28(20,27)4/h6,17-18,20-23,31-32H,7-16H2,1-5H3,(H,33,34)(H,35,36)/t17-,18-,20+,21+,22-,23-,26+,27+,28+,29+,30-/m0/s1. The quantitative estimate of drug-likeness (QED) is 0.398. The molecular formula is C30H46O6. The van der Waals surface area contributed by atoms with Crippen molar-refractivity contribution in [3.8, 4) is 0 Å². The van der Waals surface area contributed by atoms with E-state index in [0.29, 0.717) is 19.3 Å². The molecule has 0 aromatic carbocycles. The van der Waals surface area contributed by atoms with Gasteiger partial charge in [-0.15, -0.1) is 0 Å². The molecule has 0 aliphatic heterocycles. The van der Waals surface area contributed by atoms with Crippen LogP contribution >= 0.6 is 0 Å². The Balaban J connectivity index is 1.61. The van der Waals surface area contributed by atoms with Crippen LogP contribution in [0.3, 0.4) is 0 Å². The van der Waals surface area contributed by atoms with E-state index >= 15 is 0 Å². The van der Waals surface area contributed by atoms with E-state index in [1.807, 2.05) is 0 Å². The predicted molar refractivity (Wildman–Crippen MR) is 136 cm³/mol. The molecule has 4 saturated carbocycles. The topological polar surface area (TPSA) is 115 Å². The lowest BCUT2D eigenvalue weighted by Gasteiger charge is -2.71. The van der Waals surface area contributed by atoms with Gasteiger partial charge < -0.3 is 20.4 Å². The van der Waals surface area contributed by atoms with Gasteiger partial charge >= 0.3 is 11.9 Å². The molecule has 11 atom stereocenters. The van der Waals surface area contributed by atoms with Gasteiger partial charge in [0, 0.05) is 6.61 Å². The van der Waals surface area contributed by atoms with Gasteiger partial charge in [0.2, 0.25) is 0 Å². The van der Waals surface area contributed by atoms with Crippen molar-refractivity contribution >= 4 is 11.9 Å². The number of carbonyl (C=O) groups is 2. The smallest absolute Gasteiger partial charge is 0.312 e. The number of fused-ring (bicyclic) bond motifs is 7. The highest BCUT2D eigenvalue weighted by Gasteiger charge is 2.71. The Kier molecular flexibility index (Phi) is 5.86. The summed E-state index contributed by atoms with van der Waals surface area (Å²) in [6.07, 6.45) is 8.27. The summed E-state index contributed by atoms with van der Waals surface area (Å²) in [6.45, 7) is 11.1. The number of hydrogen-bond donors (Lipinski definition) is 4. The van der Waals surface area contributed by atoms with Crippen molar-refractivity contribution < 1.29 is 30.0 Å². The Morgan fingerprint density at radius 1 is 0.917 bits per heavy atom. The number of hydrogen-bond acceptors (Lipinski definition) is 4. The highest BCUT2D eigenvalue weighted by Crippen LogP contribution is 2.75. The van der Waals surface area contributed by atoms with Gasteiger partial charge in [-0.05, 0) is 111 Å². The first kappa shape index (κ1) is 26.2. The molecule has 0 saturated heterocycles. The molecule has 5 aliphatic rings. The summed E-state index contributed by atoms with van der Waals surface area (Å²) >= 11 is 0. The third-order valence-electron chi connectivity index (χ3n) is 13.5. The van der Waals surface area contributed by atoms with E-state index in [1.54, 1.807) is 6.92 Å². The van der Waals surface area contributed by atoms with Crippen LogP contribution in [0.4, 0.5) is 0 Å².